The van der Waals surface area contributed by atoms with E-state index in [1.54, 1.807) is 5.57 Å². The van der Waals surface area contributed by atoms with E-state index in [9.17, 15) is 0 Å². The van der Waals surface area contributed by atoms with Crippen LogP contribution in [0.15, 0.2) is 48.0 Å². The molecule has 0 amide bonds. The molecule has 0 saturated carbocycles. The average molecular weight is 361 g/mol. The van der Waals surface area contributed by atoms with Crippen LogP contribution in [-0.4, -0.2) is 0 Å². The molecule has 27 heavy (non-hydrogen) atoms. The monoisotopic (exact) mass is 360 g/mol. The highest BCUT2D eigenvalue weighted by atomic mass is 14.2. The summed E-state index contributed by atoms with van der Waals surface area (Å²) in [7, 11) is 0. The summed E-state index contributed by atoms with van der Waals surface area (Å²) in [6.45, 7) is 4.56. The van der Waals surface area contributed by atoms with E-state index in [1.807, 2.05) is 0 Å². The normalized spacial score (nSPS) is 12.9. The summed E-state index contributed by atoms with van der Waals surface area (Å²) in [4.78, 5) is 0. The van der Waals surface area contributed by atoms with Crippen molar-refractivity contribution in [3.05, 3.63) is 64.7 Å². The molecule has 2 aromatic rings. The van der Waals surface area contributed by atoms with Gasteiger partial charge in [0.1, 0.15) is 0 Å². The van der Waals surface area contributed by atoms with E-state index in [0.29, 0.717) is 0 Å². The highest BCUT2D eigenvalue weighted by Gasteiger charge is 2.16. The van der Waals surface area contributed by atoms with Crippen LogP contribution < -0.4 is 0 Å². The molecule has 0 bridgehead atoms. The first-order valence-corrected chi connectivity index (χ1v) is 11.2. The third-order valence-corrected chi connectivity index (χ3v) is 5.90. The van der Waals surface area contributed by atoms with E-state index in [1.165, 1.54) is 92.0 Å². The second kappa shape index (κ2) is 10.5. The van der Waals surface area contributed by atoms with E-state index in [0.717, 1.165) is 6.42 Å². The predicted molar refractivity (Wildman–Crippen MR) is 120 cm³/mol. The maximum absolute atomic E-state index is 2.48. The molecule has 2 aromatic carbocycles. The van der Waals surface area contributed by atoms with Crippen molar-refractivity contribution in [3.63, 3.8) is 0 Å². The molecule has 1 aliphatic rings. The minimum Gasteiger partial charge on any atom is -0.0654 e. The van der Waals surface area contributed by atoms with Crippen LogP contribution >= 0.6 is 0 Å². The molecule has 0 heteroatoms. The largest absolute Gasteiger partial charge is 0.0654 e. The molecule has 0 saturated heterocycles. The van der Waals surface area contributed by atoms with Gasteiger partial charge in [0.25, 0.3) is 0 Å². The van der Waals surface area contributed by atoms with Crippen molar-refractivity contribution >= 4 is 6.08 Å². The Balaban J connectivity index is 1.66. The zero-order valence-electron chi connectivity index (χ0n) is 17.4. The summed E-state index contributed by atoms with van der Waals surface area (Å²) in [5, 5.41) is 0. The van der Waals surface area contributed by atoms with Gasteiger partial charge >= 0.3 is 0 Å². The highest BCUT2D eigenvalue weighted by molar-refractivity contribution is 5.80. The number of hydrogen-bond donors (Lipinski definition) is 0. The molecule has 1 aliphatic carbocycles. The van der Waals surface area contributed by atoms with Gasteiger partial charge in [0.15, 0.2) is 0 Å². The Kier molecular flexibility index (Phi) is 7.75. The lowest BCUT2D eigenvalue weighted by atomic mass is 9.95. The highest BCUT2D eigenvalue weighted by Crippen LogP contribution is 2.35. The van der Waals surface area contributed by atoms with Gasteiger partial charge in [-0.2, -0.15) is 0 Å². The summed E-state index contributed by atoms with van der Waals surface area (Å²) < 4.78 is 0. The second-order valence-electron chi connectivity index (χ2n) is 8.18. The van der Waals surface area contributed by atoms with Gasteiger partial charge < -0.3 is 0 Å². The molecular weight excluding hydrogens is 324 g/mol. The first-order valence-electron chi connectivity index (χ1n) is 11.2. The first kappa shape index (κ1) is 19.9. The lowest BCUT2D eigenvalue weighted by Crippen LogP contribution is -1.89. The molecule has 0 spiro atoms. The zero-order valence-corrected chi connectivity index (χ0v) is 17.4. The van der Waals surface area contributed by atoms with Gasteiger partial charge in [-0.15, -0.1) is 0 Å². The molecule has 0 heterocycles. The number of aryl methyl sites for hydroxylation is 1. The maximum atomic E-state index is 2.48. The minimum absolute atomic E-state index is 1.16. The van der Waals surface area contributed by atoms with Crippen molar-refractivity contribution in [2.45, 2.75) is 84.5 Å². The lowest BCUT2D eigenvalue weighted by molar-refractivity contribution is 0.662. The Labute approximate surface area is 166 Å². The van der Waals surface area contributed by atoms with Gasteiger partial charge in [-0.05, 0) is 59.9 Å². The summed E-state index contributed by atoms with van der Waals surface area (Å²) >= 11 is 0. The van der Waals surface area contributed by atoms with Crippen molar-refractivity contribution in [3.8, 4) is 11.1 Å². The van der Waals surface area contributed by atoms with E-state index >= 15 is 0 Å². The van der Waals surface area contributed by atoms with Gasteiger partial charge in [-0.1, -0.05) is 106 Å². The summed E-state index contributed by atoms with van der Waals surface area (Å²) in [5.74, 6) is 0. The lowest BCUT2D eigenvalue weighted by Gasteiger charge is -2.09. The quantitative estimate of drug-likeness (QED) is 0.353. The third kappa shape index (κ3) is 5.58. The average Bonchev–Trinajstić information content (AvgIpc) is 3.12. The van der Waals surface area contributed by atoms with Crippen LogP contribution in [0.25, 0.3) is 17.2 Å². The SMILES string of the molecule is CCCCCCC1=Cc2c(cccc2-c2ccc(CCCCCC)cc2)C1. The van der Waals surface area contributed by atoms with Crippen LogP contribution in [0.5, 0.6) is 0 Å². The van der Waals surface area contributed by atoms with Crippen LogP contribution in [-0.2, 0) is 12.8 Å². The van der Waals surface area contributed by atoms with Crippen LogP contribution in [0.3, 0.4) is 0 Å². The van der Waals surface area contributed by atoms with Crippen LogP contribution in [0, 0.1) is 0 Å². The smallest absolute Gasteiger partial charge is 0.00576 e. The maximum Gasteiger partial charge on any atom is -0.00576 e. The Morgan fingerprint density at radius 2 is 1.41 bits per heavy atom. The van der Waals surface area contributed by atoms with Crippen molar-refractivity contribution in [2.24, 2.45) is 0 Å². The van der Waals surface area contributed by atoms with Gasteiger partial charge in [0.05, 0.1) is 0 Å². The fourth-order valence-corrected chi connectivity index (χ4v) is 4.24. The van der Waals surface area contributed by atoms with Crippen LogP contribution in [0.2, 0.25) is 0 Å². The van der Waals surface area contributed by atoms with Gasteiger partial charge in [0, 0.05) is 0 Å². The molecule has 0 fully saturated rings. The number of unbranched alkanes of at least 4 members (excludes halogenated alkanes) is 6. The van der Waals surface area contributed by atoms with E-state index in [2.05, 4.69) is 62.4 Å². The molecule has 0 aromatic heterocycles. The Bertz CT molecular complexity index is 733. The molecule has 0 radical (unpaired) electrons. The summed E-state index contributed by atoms with van der Waals surface area (Å²) in [6, 6.07) is 16.2. The molecule has 0 N–H and O–H groups in total. The molecule has 0 unspecified atom stereocenters. The fourth-order valence-electron chi connectivity index (χ4n) is 4.24. The van der Waals surface area contributed by atoms with Crippen molar-refractivity contribution in [2.75, 3.05) is 0 Å². The molecule has 0 atom stereocenters. The first-order chi connectivity index (χ1) is 13.3. The van der Waals surface area contributed by atoms with Crippen molar-refractivity contribution in [1.29, 1.82) is 0 Å². The number of hydrogen-bond acceptors (Lipinski definition) is 0. The molecule has 0 nitrogen and oxygen atoms in total. The zero-order chi connectivity index (χ0) is 18.9. The predicted octanol–water partition coefficient (Wildman–Crippen LogP) is 8.39. The number of allylic oxidation sites excluding steroid dienone is 1. The minimum atomic E-state index is 1.16. The van der Waals surface area contributed by atoms with Crippen LogP contribution in [0.4, 0.5) is 0 Å². The topological polar surface area (TPSA) is 0 Å². The third-order valence-electron chi connectivity index (χ3n) is 5.90. The van der Waals surface area contributed by atoms with E-state index in [-0.39, 0.29) is 0 Å². The molecule has 3 rings (SSSR count). The molecule has 144 valence electrons. The standard InChI is InChI=1S/C27H36/c1-3-5-7-9-12-22-16-18-24(19-17-22)26-15-11-14-25-20-23(21-27(25)26)13-10-8-6-4-2/h11,14-19,21H,3-10,12-13,20H2,1-2H3. The number of rotatable bonds is 11. The number of fused-ring (bicyclic) bond motifs is 1. The van der Waals surface area contributed by atoms with Gasteiger partial charge in [0.2, 0.25) is 0 Å². The number of benzene rings is 2. The summed E-state index contributed by atoms with van der Waals surface area (Å²) in [6.07, 6.45) is 16.9. The second-order valence-corrected chi connectivity index (χ2v) is 8.18. The molecule has 0 aliphatic heterocycles. The van der Waals surface area contributed by atoms with Gasteiger partial charge in [-0.3, -0.25) is 0 Å². The Morgan fingerprint density at radius 3 is 2.11 bits per heavy atom. The molecular formula is C27H36. The van der Waals surface area contributed by atoms with Crippen LogP contribution in [0.1, 0.15) is 88.3 Å². The van der Waals surface area contributed by atoms with E-state index < -0.39 is 0 Å². The van der Waals surface area contributed by atoms with Crippen molar-refractivity contribution < 1.29 is 0 Å². The fraction of sp³-hybridized carbons (Fsp3) is 0.481. The van der Waals surface area contributed by atoms with Crippen molar-refractivity contribution in [1.82, 2.24) is 0 Å². The Hall–Kier alpha value is -1.82. The van der Waals surface area contributed by atoms with E-state index in [4.69, 9.17) is 0 Å². The summed E-state index contributed by atoms with van der Waals surface area (Å²) in [5.41, 5.74) is 8.87. The van der Waals surface area contributed by atoms with Gasteiger partial charge in [-0.25, -0.2) is 0 Å². The Morgan fingerprint density at radius 1 is 0.704 bits per heavy atom.